The van der Waals surface area contributed by atoms with Gasteiger partial charge in [0, 0.05) is 5.69 Å². The summed E-state index contributed by atoms with van der Waals surface area (Å²) in [6, 6.07) is 13.1. The first-order valence-corrected chi connectivity index (χ1v) is 10.3. The van der Waals surface area contributed by atoms with Crippen molar-refractivity contribution in [3.8, 4) is 0 Å². The first kappa shape index (κ1) is 20.0. The molecule has 0 radical (unpaired) electrons. The maximum absolute atomic E-state index is 12.5. The van der Waals surface area contributed by atoms with E-state index in [1.54, 1.807) is 36.4 Å². The van der Waals surface area contributed by atoms with Gasteiger partial charge in [0.2, 0.25) is 0 Å². The number of nitrogens with one attached hydrogen (secondary N) is 1. The Balaban J connectivity index is 2.03. The fourth-order valence-electron chi connectivity index (χ4n) is 2.40. The molecule has 0 saturated carbocycles. The van der Waals surface area contributed by atoms with Crippen LogP contribution in [0.15, 0.2) is 53.4 Å². The smallest absolute Gasteiger partial charge is 0.338 e. The lowest BCUT2D eigenvalue weighted by Crippen LogP contribution is -2.13. The fourth-order valence-corrected chi connectivity index (χ4v) is 3.46. The van der Waals surface area contributed by atoms with E-state index in [2.05, 4.69) is 11.6 Å². The minimum absolute atomic E-state index is 0.209. The van der Waals surface area contributed by atoms with Crippen LogP contribution >= 0.6 is 0 Å². The zero-order valence-corrected chi connectivity index (χ0v) is 16.0. The van der Waals surface area contributed by atoms with Gasteiger partial charge in [-0.15, -0.1) is 0 Å². The molecule has 2 aromatic rings. The molecule has 0 bridgehead atoms. The number of aryl methyl sites for hydroxylation is 1. The highest BCUT2D eigenvalue weighted by molar-refractivity contribution is 7.92. The Hall–Kier alpha value is -2.34. The average molecular weight is 375 g/mol. The maximum atomic E-state index is 12.5. The Kier molecular flexibility index (Phi) is 7.21. The van der Waals surface area contributed by atoms with Crippen LogP contribution in [0.4, 0.5) is 5.69 Å². The van der Waals surface area contributed by atoms with Crippen LogP contribution in [0.1, 0.15) is 49.0 Å². The van der Waals surface area contributed by atoms with Crippen molar-refractivity contribution in [3.63, 3.8) is 0 Å². The molecule has 2 rings (SSSR count). The van der Waals surface area contributed by atoms with Crippen LogP contribution in [0.25, 0.3) is 0 Å². The van der Waals surface area contributed by atoms with Crippen molar-refractivity contribution in [1.29, 1.82) is 0 Å². The van der Waals surface area contributed by atoms with Crippen molar-refractivity contribution in [2.24, 2.45) is 0 Å². The van der Waals surface area contributed by atoms with Crippen LogP contribution in [-0.4, -0.2) is 21.0 Å². The lowest BCUT2D eigenvalue weighted by Gasteiger charge is -2.09. The van der Waals surface area contributed by atoms with E-state index in [0.717, 1.165) is 31.2 Å². The van der Waals surface area contributed by atoms with Gasteiger partial charge >= 0.3 is 5.97 Å². The lowest BCUT2D eigenvalue weighted by atomic mass is 10.1. The standard InChI is InChI=1S/C20H25NO4S/c1-3-5-15-25-20(22)17-9-11-18(12-10-17)21-26(23,24)19-13-7-16(6-4-2)8-14-19/h7-14,21H,3-6,15H2,1-2H3. The van der Waals surface area contributed by atoms with E-state index < -0.39 is 16.0 Å². The third-order valence-corrected chi connectivity index (χ3v) is 5.27. The molecule has 0 amide bonds. The number of hydrogen-bond donors (Lipinski definition) is 1. The van der Waals surface area contributed by atoms with E-state index in [-0.39, 0.29) is 4.90 Å². The van der Waals surface area contributed by atoms with Gasteiger partial charge in [-0.2, -0.15) is 0 Å². The number of ether oxygens (including phenoxy) is 1. The maximum Gasteiger partial charge on any atom is 0.338 e. The van der Waals surface area contributed by atoms with E-state index >= 15 is 0 Å². The molecule has 140 valence electrons. The summed E-state index contributed by atoms with van der Waals surface area (Å²) in [4.78, 5) is 12.1. The Bertz CT molecular complexity index is 812. The Morgan fingerprint density at radius 2 is 1.62 bits per heavy atom. The molecule has 26 heavy (non-hydrogen) atoms. The number of sulfonamides is 1. The van der Waals surface area contributed by atoms with Gasteiger partial charge in [0.05, 0.1) is 17.1 Å². The third-order valence-electron chi connectivity index (χ3n) is 3.88. The monoisotopic (exact) mass is 375 g/mol. The summed E-state index contributed by atoms with van der Waals surface area (Å²) in [6.45, 7) is 4.49. The summed E-state index contributed by atoms with van der Waals surface area (Å²) in [5, 5.41) is 0. The molecule has 5 nitrogen and oxygen atoms in total. The summed E-state index contributed by atoms with van der Waals surface area (Å²) < 4.78 is 32.6. The molecule has 0 aromatic heterocycles. The lowest BCUT2D eigenvalue weighted by molar-refractivity contribution is 0.0500. The molecule has 1 N–H and O–H groups in total. The summed E-state index contributed by atoms with van der Waals surface area (Å²) in [7, 11) is -3.66. The van der Waals surface area contributed by atoms with Crippen LogP contribution in [-0.2, 0) is 21.2 Å². The van der Waals surface area contributed by atoms with Crippen molar-refractivity contribution in [1.82, 2.24) is 0 Å². The second-order valence-electron chi connectivity index (χ2n) is 6.07. The van der Waals surface area contributed by atoms with Crippen molar-refractivity contribution in [2.45, 2.75) is 44.4 Å². The van der Waals surface area contributed by atoms with Gasteiger partial charge in [-0.1, -0.05) is 38.8 Å². The van der Waals surface area contributed by atoms with E-state index in [0.29, 0.717) is 17.9 Å². The number of rotatable bonds is 9. The molecule has 0 aliphatic carbocycles. The summed E-state index contributed by atoms with van der Waals surface area (Å²) in [6.07, 6.45) is 3.70. The molecule has 6 heteroatoms. The fraction of sp³-hybridized carbons (Fsp3) is 0.350. The number of unbranched alkanes of at least 4 members (excludes halogenated alkanes) is 1. The van der Waals surface area contributed by atoms with Crippen LogP contribution < -0.4 is 4.72 Å². The molecule has 0 aliphatic heterocycles. The summed E-state index contributed by atoms with van der Waals surface area (Å²) >= 11 is 0. The number of hydrogen-bond acceptors (Lipinski definition) is 4. The molecule has 0 spiro atoms. The molecule has 0 heterocycles. The quantitative estimate of drug-likeness (QED) is 0.521. The average Bonchev–Trinajstić information content (AvgIpc) is 2.63. The van der Waals surface area contributed by atoms with E-state index in [9.17, 15) is 13.2 Å². The van der Waals surface area contributed by atoms with Gasteiger partial charge in [-0.3, -0.25) is 4.72 Å². The van der Waals surface area contributed by atoms with Gasteiger partial charge < -0.3 is 4.74 Å². The van der Waals surface area contributed by atoms with Crippen molar-refractivity contribution in [3.05, 3.63) is 59.7 Å². The number of esters is 1. The number of benzene rings is 2. The SMILES string of the molecule is CCCCOC(=O)c1ccc(NS(=O)(=O)c2ccc(CCC)cc2)cc1. The second-order valence-corrected chi connectivity index (χ2v) is 7.75. The Morgan fingerprint density at radius 3 is 2.19 bits per heavy atom. The van der Waals surface area contributed by atoms with Gasteiger partial charge in [-0.25, -0.2) is 13.2 Å². The minimum atomic E-state index is -3.66. The van der Waals surface area contributed by atoms with Crippen LogP contribution in [0.3, 0.4) is 0 Å². The second kappa shape index (κ2) is 9.38. The number of anilines is 1. The van der Waals surface area contributed by atoms with Gasteiger partial charge in [-0.05, 0) is 54.8 Å². The Labute approximate surface area is 155 Å². The predicted octanol–water partition coefficient (Wildman–Crippen LogP) is 4.40. The molecule has 0 fully saturated rings. The highest BCUT2D eigenvalue weighted by Gasteiger charge is 2.14. The zero-order chi connectivity index (χ0) is 19.0. The van der Waals surface area contributed by atoms with E-state index in [1.165, 1.54) is 0 Å². The van der Waals surface area contributed by atoms with E-state index in [4.69, 9.17) is 4.74 Å². The molecule has 2 aromatic carbocycles. The van der Waals surface area contributed by atoms with Gasteiger partial charge in [0.1, 0.15) is 0 Å². The predicted molar refractivity (Wildman–Crippen MR) is 103 cm³/mol. The van der Waals surface area contributed by atoms with Crippen molar-refractivity contribution < 1.29 is 17.9 Å². The molecule has 0 saturated heterocycles. The van der Waals surface area contributed by atoms with Gasteiger partial charge in [0.15, 0.2) is 0 Å². The highest BCUT2D eigenvalue weighted by atomic mass is 32.2. The molecule has 0 atom stereocenters. The first-order chi connectivity index (χ1) is 12.5. The first-order valence-electron chi connectivity index (χ1n) is 8.85. The highest BCUT2D eigenvalue weighted by Crippen LogP contribution is 2.18. The topological polar surface area (TPSA) is 72.5 Å². The largest absolute Gasteiger partial charge is 0.462 e. The summed E-state index contributed by atoms with van der Waals surface area (Å²) in [5.74, 6) is -0.403. The Morgan fingerprint density at radius 1 is 0.962 bits per heavy atom. The third kappa shape index (κ3) is 5.59. The molecular formula is C20H25NO4S. The normalized spacial score (nSPS) is 11.2. The van der Waals surface area contributed by atoms with E-state index in [1.807, 2.05) is 19.1 Å². The summed E-state index contributed by atoms with van der Waals surface area (Å²) in [5.41, 5.74) is 1.90. The van der Waals surface area contributed by atoms with Crippen molar-refractivity contribution in [2.75, 3.05) is 11.3 Å². The van der Waals surface area contributed by atoms with Crippen LogP contribution in [0.2, 0.25) is 0 Å². The zero-order valence-electron chi connectivity index (χ0n) is 15.2. The molecule has 0 aliphatic rings. The van der Waals surface area contributed by atoms with Crippen LogP contribution in [0, 0.1) is 0 Å². The number of carbonyl (C=O) groups is 1. The molecule has 0 unspecified atom stereocenters. The van der Waals surface area contributed by atoms with Crippen molar-refractivity contribution >= 4 is 21.7 Å². The minimum Gasteiger partial charge on any atom is -0.462 e. The van der Waals surface area contributed by atoms with Crippen LogP contribution in [0.5, 0.6) is 0 Å². The molecular weight excluding hydrogens is 350 g/mol. The number of carbonyl (C=O) groups excluding carboxylic acids is 1. The van der Waals surface area contributed by atoms with Gasteiger partial charge in [0.25, 0.3) is 10.0 Å².